The lowest BCUT2D eigenvalue weighted by Gasteiger charge is -2.13. The minimum absolute atomic E-state index is 0.683. The van der Waals surface area contributed by atoms with Crippen LogP contribution in [0.4, 0.5) is 0 Å². The van der Waals surface area contributed by atoms with Gasteiger partial charge in [-0.2, -0.15) is 0 Å². The van der Waals surface area contributed by atoms with Crippen LogP contribution in [-0.2, 0) is 19.4 Å². The Morgan fingerprint density at radius 1 is 1.35 bits per heavy atom. The van der Waals surface area contributed by atoms with Crippen molar-refractivity contribution < 1.29 is 0 Å². The van der Waals surface area contributed by atoms with Gasteiger partial charge in [0.25, 0.3) is 0 Å². The molecular weight excluding hydrogens is 256 g/mol. The maximum atomic E-state index is 6.05. The highest BCUT2D eigenvalue weighted by Crippen LogP contribution is 2.25. The van der Waals surface area contributed by atoms with Crippen molar-refractivity contribution in [1.82, 2.24) is 19.1 Å². The Hall–Kier alpha value is -0.940. The van der Waals surface area contributed by atoms with Gasteiger partial charge in [0.05, 0.1) is 12.2 Å². The zero-order valence-electron chi connectivity index (χ0n) is 9.61. The monoisotopic (exact) mass is 268 g/mol. The Balaban J connectivity index is 1.98. The van der Waals surface area contributed by atoms with E-state index in [0.717, 1.165) is 24.4 Å². The van der Waals surface area contributed by atoms with Crippen LogP contribution >= 0.6 is 23.1 Å². The van der Waals surface area contributed by atoms with Crippen molar-refractivity contribution in [1.29, 1.82) is 0 Å². The van der Waals surface area contributed by atoms with Crippen molar-refractivity contribution in [2.75, 3.05) is 0 Å². The largest absolute Gasteiger partial charge is 0.326 e. The molecule has 0 aliphatic heterocycles. The lowest BCUT2D eigenvalue weighted by molar-refractivity contribution is 0.620. The summed E-state index contributed by atoms with van der Waals surface area (Å²) in [5.74, 6) is 1.06. The molecule has 2 aromatic rings. The fourth-order valence-electron chi connectivity index (χ4n) is 2.39. The Morgan fingerprint density at radius 2 is 2.18 bits per heavy atom. The Labute approximate surface area is 109 Å². The first kappa shape index (κ1) is 11.2. The molecular formula is C11H13ClN4S. The van der Waals surface area contributed by atoms with E-state index in [2.05, 4.69) is 19.1 Å². The third-order valence-corrected chi connectivity index (χ3v) is 4.23. The lowest BCUT2D eigenvalue weighted by atomic mass is 10.0. The van der Waals surface area contributed by atoms with Gasteiger partial charge in [0.1, 0.15) is 15.9 Å². The first-order valence-electron chi connectivity index (χ1n) is 5.77. The van der Waals surface area contributed by atoms with Crippen molar-refractivity contribution >= 4 is 23.1 Å². The molecule has 0 amide bonds. The van der Waals surface area contributed by atoms with Crippen LogP contribution in [0.25, 0.3) is 0 Å². The molecule has 0 atom stereocenters. The van der Waals surface area contributed by atoms with Crippen LogP contribution in [0.2, 0.25) is 4.34 Å². The average molecular weight is 269 g/mol. The number of halogens is 1. The molecule has 1 aliphatic rings. The number of hydrogen-bond acceptors (Lipinski definition) is 4. The van der Waals surface area contributed by atoms with E-state index < -0.39 is 0 Å². The second-order valence-electron chi connectivity index (χ2n) is 4.34. The van der Waals surface area contributed by atoms with Crippen LogP contribution in [0.3, 0.4) is 0 Å². The summed E-state index contributed by atoms with van der Waals surface area (Å²) in [5, 5.41) is 4.07. The highest BCUT2D eigenvalue weighted by Gasteiger charge is 2.19. The van der Waals surface area contributed by atoms with Crippen LogP contribution < -0.4 is 0 Å². The predicted molar refractivity (Wildman–Crippen MR) is 67.6 cm³/mol. The number of aryl methyl sites for hydroxylation is 2. The van der Waals surface area contributed by atoms with Crippen LogP contribution in [0, 0.1) is 6.92 Å². The van der Waals surface area contributed by atoms with E-state index in [0.29, 0.717) is 10.9 Å². The minimum atomic E-state index is 0.683. The second-order valence-corrected chi connectivity index (χ2v) is 5.70. The summed E-state index contributed by atoms with van der Waals surface area (Å²) in [4.78, 5) is 4.64. The van der Waals surface area contributed by atoms with Gasteiger partial charge < -0.3 is 4.57 Å². The van der Waals surface area contributed by atoms with Gasteiger partial charge >= 0.3 is 0 Å². The highest BCUT2D eigenvalue weighted by molar-refractivity contribution is 7.10. The zero-order chi connectivity index (χ0) is 11.8. The van der Waals surface area contributed by atoms with Gasteiger partial charge in [0.2, 0.25) is 0 Å². The van der Waals surface area contributed by atoms with Gasteiger partial charge in [0, 0.05) is 17.2 Å². The standard InChI is InChI=1S/C11H13ClN4S/c1-7-13-8-4-2-3-5-10(8)16(7)6-9-11(12)17-15-14-9/h2-6H2,1H3. The molecule has 0 unspecified atom stereocenters. The Kier molecular flexibility index (Phi) is 2.88. The number of nitrogens with zero attached hydrogens (tertiary/aromatic N) is 4. The second kappa shape index (κ2) is 4.38. The molecule has 0 bridgehead atoms. The normalized spacial score (nSPS) is 14.9. The van der Waals surface area contributed by atoms with E-state index in [-0.39, 0.29) is 0 Å². The SMILES string of the molecule is Cc1nc2c(n1Cc1nnsc1Cl)CCCC2. The summed E-state index contributed by atoms with van der Waals surface area (Å²) < 4.78 is 6.79. The molecule has 3 rings (SSSR count). The highest BCUT2D eigenvalue weighted by atomic mass is 35.5. The van der Waals surface area contributed by atoms with Gasteiger partial charge in [0.15, 0.2) is 0 Å². The van der Waals surface area contributed by atoms with Crippen molar-refractivity contribution in [3.8, 4) is 0 Å². The smallest absolute Gasteiger partial charge is 0.139 e. The van der Waals surface area contributed by atoms with E-state index >= 15 is 0 Å². The number of rotatable bonds is 2. The van der Waals surface area contributed by atoms with Gasteiger partial charge in [-0.05, 0) is 32.6 Å². The summed E-state index contributed by atoms with van der Waals surface area (Å²) in [6.07, 6.45) is 4.72. The van der Waals surface area contributed by atoms with E-state index in [9.17, 15) is 0 Å². The van der Waals surface area contributed by atoms with Crippen molar-refractivity contribution in [3.05, 3.63) is 27.2 Å². The third kappa shape index (κ3) is 1.98. The van der Waals surface area contributed by atoms with Crippen LogP contribution in [0.1, 0.15) is 35.7 Å². The van der Waals surface area contributed by atoms with E-state index in [1.807, 2.05) is 6.92 Å². The quantitative estimate of drug-likeness (QED) is 0.841. The molecule has 0 aromatic carbocycles. The first-order chi connectivity index (χ1) is 8.25. The molecule has 0 radical (unpaired) electrons. The molecule has 0 saturated heterocycles. The Morgan fingerprint density at radius 3 is 2.94 bits per heavy atom. The molecule has 2 heterocycles. The molecule has 1 aliphatic carbocycles. The summed E-state index contributed by atoms with van der Waals surface area (Å²) in [5.41, 5.74) is 3.47. The number of hydrogen-bond donors (Lipinski definition) is 0. The molecule has 17 heavy (non-hydrogen) atoms. The predicted octanol–water partition coefficient (Wildman–Crippen LogP) is 2.62. The molecule has 0 saturated carbocycles. The van der Waals surface area contributed by atoms with Crippen LogP contribution in [0.5, 0.6) is 0 Å². The number of fused-ring (bicyclic) bond motifs is 1. The lowest BCUT2D eigenvalue weighted by Crippen LogP contribution is -2.10. The summed E-state index contributed by atoms with van der Waals surface area (Å²) in [7, 11) is 0. The van der Waals surface area contributed by atoms with Gasteiger partial charge in [-0.3, -0.25) is 0 Å². The fourth-order valence-corrected chi connectivity index (χ4v) is 3.00. The van der Waals surface area contributed by atoms with Gasteiger partial charge in [-0.15, -0.1) is 5.10 Å². The maximum absolute atomic E-state index is 6.05. The Bertz CT molecular complexity index is 546. The zero-order valence-corrected chi connectivity index (χ0v) is 11.2. The topological polar surface area (TPSA) is 43.6 Å². The van der Waals surface area contributed by atoms with E-state index in [1.54, 1.807) is 0 Å². The molecule has 90 valence electrons. The number of aromatic nitrogens is 4. The molecule has 0 spiro atoms. The van der Waals surface area contributed by atoms with Crippen molar-refractivity contribution in [2.24, 2.45) is 0 Å². The van der Waals surface area contributed by atoms with Crippen LogP contribution in [-0.4, -0.2) is 19.1 Å². The summed E-state index contributed by atoms with van der Waals surface area (Å²) >= 11 is 7.29. The molecule has 4 nitrogen and oxygen atoms in total. The molecule has 6 heteroatoms. The first-order valence-corrected chi connectivity index (χ1v) is 6.92. The minimum Gasteiger partial charge on any atom is -0.326 e. The van der Waals surface area contributed by atoms with Crippen LogP contribution in [0.15, 0.2) is 0 Å². The summed E-state index contributed by atoms with van der Waals surface area (Å²) in [6.45, 7) is 2.75. The maximum Gasteiger partial charge on any atom is 0.139 e. The molecule has 0 fully saturated rings. The van der Waals surface area contributed by atoms with E-state index in [4.69, 9.17) is 11.6 Å². The molecule has 0 N–H and O–H groups in total. The van der Waals surface area contributed by atoms with E-state index in [1.165, 1.54) is 35.8 Å². The fraction of sp³-hybridized carbons (Fsp3) is 0.545. The van der Waals surface area contributed by atoms with Crippen molar-refractivity contribution in [3.63, 3.8) is 0 Å². The average Bonchev–Trinajstić information content (AvgIpc) is 2.85. The number of imidazole rings is 1. The summed E-state index contributed by atoms with van der Waals surface area (Å²) in [6, 6.07) is 0. The molecule has 2 aromatic heterocycles. The third-order valence-electron chi connectivity index (χ3n) is 3.24. The van der Waals surface area contributed by atoms with Gasteiger partial charge in [-0.1, -0.05) is 16.1 Å². The van der Waals surface area contributed by atoms with Gasteiger partial charge in [-0.25, -0.2) is 4.98 Å². The van der Waals surface area contributed by atoms with Crippen molar-refractivity contribution in [2.45, 2.75) is 39.2 Å².